The first-order valence-electron chi connectivity index (χ1n) is 5.77. The van der Waals surface area contributed by atoms with E-state index in [1.54, 1.807) is 0 Å². The van der Waals surface area contributed by atoms with Gasteiger partial charge in [0, 0.05) is 18.8 Å². The van der Waals surface area contributed by atoms with Gasteiger partial charge in [-0.15, -0.1) is 0 Å². The Morgan fingerprint density at radius 2 is 2.06 bits per heavy atom. The van der Waals surface area contributed by atoms with Crippen molar-refractivity contribution in [3.63, 3.8) is 0 Å². The SMILES string of the molecule is Cc1nn(C)c(C)c1-c1n[nH]c(=S)n1C1CC1. The number of H-pyrrole nitrogens is 1. The second kappa shape index (κ2) is 3.53. The Labute approximate surface area is 104 Å². The fourth-order valence-corrected chi connectivity index (χ4v) is 2.53. The van der Waals surface area contributed by atoms with E-state index in [1.165, 1.54) is 12.8 Å². The largest absolute Gasteiger partial charge is 0.297 e. The highest BCUT2D eigenvalue weighted by Gasteiger charge is 2.29. The van der Waals surface area contributed by atoms with Crippen LogP contribution in [-0.4, -0.2) is 24.5 Å². The minimum absolute atomic E-state index is 0.523. The van der Waals surface area contributed by atoms with E-state index >= 15 is 0 Å². The zero-order valence-corrected chi connectivity index (χ0v) is 11.0. The van der Waals surface area contributed by atoms with E-state index in [1.807, 2.05) is 18.7 Å². The van der Waals surface area contributed by atoms with Crippen LogP contribution in [0.15, 0.2) is 0 Å². The molecule has 1 fully saturated rings. The number of nitrogens with zero attached hydrogens (tertiary/aromatic N) is 4. The van der Waals surface area contributed by atoms with Gasteiger partial charge in [-0.25, -0.2) is 0 Å². The highest BCUT2D eigenvalue weighted by atomic mass is 32.1. The van der Waals surface area contributed by atoms with Gasteiger partial charge in [-0.05, 0) is 38.9 Å². The molecule has 2 heterocycles. The lowest BCUT2D eigenvalue weighted by atomic mass is 10.2. The molecule has 0 atom stereocenters. The molecule has 0 saturated heterocycles. The molecule has 1 N–H and O–H groups in total. The number of aromatic nitrogens is 5. The van der Waals surface area contributed by atoms with E-state index in [-0.39, 0.29) is 0 Å². The van der Waals surface area contributed by atoms with Crippen LogP contribution in [-0.2, 0) is 7.05 Å². The van der Waals surface area contributed by atoms with Crippen LogP contribution in [0.3, 0.4) is 0 Å². The summed E-state index contributed by atoms with van der Waals surface area (Å²) < 4.78 is 4.73. The first-order chi connectivity index (χ1) is 8.09. The van der Waals surface area contributed by atoms with Crippen LogP contribution in [0.5, 0.6) is 0 Å². The van der Waals surface area contributed by atoms with Crippen molar-refractivity contribution in [1.82, 2.24) is 24.5 Å². The van der Waals surface area contributed by atoms with Crippen LogP contribution < -0.4 is 0 Å². The Hall–Kier alpha value is -1.43. The predicted octanol–water partition coefficient (Wildman–Crippen LogP) is 2.29. The Bertz CT molecular complexity index is 629. The lowest BCUT2D eigenvalue weighted by Crippen LogP contribution is -1.99. The highest BCUT2D eigenvalue weighted by Crippen LogP contribution is 2.39. The molecule has 3 rings (SSSR count). The molecule has 0 bridgehead atoms. The smallest absolute Gasteiger partial charge is 0.195 e. The third-order valence-corrected chi connectivity index (χ3v) is 3.64. The number of aromatic amines is 1. The fraction of sp³-hybridized carbons (Fsp3) is 0.545. The van der Waals surface area contributed by atoms with Crippen LogP contribution in [0.4, 0.5) is 0 Å². The first-order valence-corrected chi connectivity index (χ1v) is 6.18. The van der Waals surface area contributed by atoms with Gasteiger partial charge >= 0.3 is 0 Å². The number of aryl methyl sites for hydroxylation is 2. The highest BCUT2D eigenvalue weighted by molar-refractivity contribution is 7.71. The molecule has 0 radical (unpaired) electrons. The summed E-state index contributed by atoms with van der Waals surface area (Å²) in [6.45, 7) is 4.07. The summed E-state index contributed by atoms with van der Waals surface area (Å²) in [5, 5.41) is 11.7. The molecule has 1 aliphatic carbocycles. The van der Waals surface area contributed by atoms with Crippen molar-refractivity contribution in [3.8, 4) is 11.4 Å². The van der Waals surface area contributed by atoms with E-state index in [4.69, 9.17) is 12.2 Å². The predicted molar refractivity (Wildman–Crippen MR) is 67.4 cm³/mol. The van der Waals surface area contributed by atoms with Crippen molar-refractivity contribution in [2.24, 2.45) is 7.05 Å². The van der Waals surface area contributed by atoms with Crippen molar-refractivity contribution in [1.29, 1.82) is 0 Å². The van der Waals surface area contributed by atoms with Gasteiger partial charge < -0.3 is 0 Å². The van der Waals surface area contributed by atoms with Gasteiger partial charge in [0.2, 0.25) is 0 Å². The molecule has 0 aromatic carbocycles. The van der Waals surface area contributed by atoms with Gasteiger partial charge in [-0.3, -0.25) is 14.3 Å². The zero-order valence-electron chi connectivity index (χ0n) is 10.2. The van der Waals surface area contributed by atoms with Gasteiger partial charge in [-0.2, -0.15) is 10.2 Å². The molecule has 2 aromatic heterocycles. The quantitative estimate of drug-likeness (QED) is 0.831. The van der Waals surface area contributed by atoms with Crippen molar-refractivity contribution >= 4 is 12.2 Å². The van der Waals surface area contributed by atoms with E-state index < -0.39 is 0 Å². The maximum Gasteiger partial charge on any atom is 0.195 e. The van der Waals surface area contributed by atoms with E-state index in [0.29, 0.717) is 10.8 Å². The molecular formula is C11H15N5S. The van der Waals surface area contributed by atoms with E-state index in [0.717, 1.165) is 22.8 Å². The second-order valence-corrected chi connectivity index (χ2v) is 5.01. The van der Waals surface area contributed by atoms with Gasteiger partial charge in [-0.1, -0.05) is 0 Å². The van der Waals surface area contributed by atoms with E-state index in [9.17, 15) is 0 Å². The Morgan fingerprint density at radius 1 is 1.35 bits per heavy atom. The van der Waals surface area contributed by atoms with Crippen molar-refractivity contribution in [3.05, 3.63) is 16.2 Å². The summed E-state index contributed by atoms with van der Waals surface area (Å²) >= 11 is 5.30. The molecule has 17 heavy (non-hydrogen) atoms. The molecule has 0 aliphatic heterocycles. The zero-order chi connectivity index (χ0) is 12.2. The minimum Gasteiger partial charge on any atom is -0.297 e. The molecule has 0 amide bonds. The van der Waals surface area contributed by atoms with Gasteiger partial charge in [0.25, 0.3) is 0 Å². The summed E-state index contributed by atoms with van der Waals surface area (Å²) in [5.74, 6) is 0.931. The third-order valence-electron chi connectivity index (χ3n) is 3.35. The number of hydrogen-bond acceptors (Lipinski definition) is 3. The first kappa shape index (κ1) is 10.7. The monoisotopic (exact) mass is 249 g/mol. The van der Waals surface area contributed by atoms with Gasteiger partial charge in [0.15, 0.2) is 10.6 Å². The lowest BCUT2D eigenvalue weighted by molar-refractivity contribution is 0.727. The van der Waals surface area contributed by atoms with Crippen LogP contribution in [0.2, 0.25) is 0 Å². The Kier molecular flexibility index (Phi) is 2.22. The average molecular weight is 249 g/mol. The maximum atomic E-state index is 5.30. The molecule has 0 spiro atoms. The number of hydrogen-bond donors (Lipinski definition) is 1. The Balaban J connectivity index is 2.25. The fourth-order valence-electron chi connectivity index (χ4n) is 2.25. The molecule has 6 heteroatoms. The molecule has 2 aromatic rings. The van der Waals surface area contributed by atoms with E-state index in [2.05, 4.69) is 26.8 Å². The molecule has 90 valence electrons. The standard InChI is InChI=1S/C11H15N5S/c1-6-9(7(2)15(3)14-6)10-12-13-11(17)16(10)8-4-5-8/h8H,4-5H2,1-3H3,(H,13,17). The summed E-state index contributed by atoms with van der Waals surface area (Å²) in [7, 11) is 1.95. The number of rotatable bonds is 2. The topological polar surface area (TPSA) is 51.4 Å². The average Bonchev–Trinajstić information content (AvgIpc) is 2.99. The molecular weight excluding hydrogens is 234 g/mol. The van der Waals surface area contributed by atoms with Crippen LogP contribution in [0.1, 0.15) is 30.3 Å². The summed E-state index contributed by atoms with van der Waals surface area (Å²) in [6, 6.07) is 0.523. The maximum absolute atomic E-state index is 5.30. The Morgan fingerprint density at radius 3 is 2.59 bits per heavy atom. The van der Waals surface area contributed by atoms with Crippen LogP contribution >= 0.6 is 12.2 Å². The molecule has 1 saturated carbocycles. The van der Waals surface area contributed by atoms with Crippen molar-refractivity contribution < 1.29 is 0 Å². The second-order valence-electron chi connectivity index (χ2n) is 4.62. The van der Waals surface area contributed by atoms with Crippen molar-refractivity contribution in [2.75, 3.05) is 0 Å². The number of nitrogens with one attached hydrogen (secondary N) is 1. The normalized spacial score (nSPS) is 15.5. The van der Waals surface area contributed by atoms with Crippen molar-refractivity contribution in [2.45, 2.75) is 32.7 Å². The molecule has 5 nitrogen and oxygen atoms in total. The third kappa shape index (κ3) is 1.55. The van der Waals surface area contributed by atoms with Crippen LogP contribution in [0.25, 0.3) is 11.4 Å². The summed E-state index contributed by atoms with van der Waals surface area (Å²) in [6.07, 6.45) is 2.39. The molecule has 0 unspecified atom stereocenters. The van der Waals surface area contributed by atoms with Gasteiger partial charge in [0.1, 0.15) is 0 Å². The van der Waals surface area contributed by atoms with Crippen LogP contribution in [0, 0.1) is 18.6 Å². The lowest BCUT2D eigenvalue weighted by Gasteiger charge is -2.05. The molecule has 1 aliphatic rings. The van der Waals surface area contributed by atoms with Gasteiger partial charge in [0.05, 0.1) is 11.3 Å². The minimum atomic E-state index is 0.523. The summed E-state index contributed by atoms with van der Waals surface area (Å²) in [4.78, 5) is 0. The summed E-state index contributed by atoms with van der Waals surface area (Å²) in [5.41, 5.74) is 3.23.